The van der Waals surface area contributed by atoms with Crippen LogP contribution in [-0.2, 0) is 21.7 Å². The van der Waals surface area contributed by atoms with Gasteiger partial charge in [0.15, 0.2) is 11.6 Å². The van der Waals surface area contributed by atoms with Crippen LogP contribution in [0.1, 0.15) is 29.5 Å². The minimum absolute atomic E-state index is 0.0308. The fourth-order valence-electron chi connectivity index (χ4n) is 4.05. The summed E-state index contributed by atoms with van der Waals surface area (Å²) in [6, 6.07) is 22.3. The molecule has 3 aromatic rings. The molecule has 0 fully saturated rings. The molecule has 0 spiro atoms. The molecule has 36 heavy (non-hydrogen) atoms. The second-order valence-electron chi connectivity index (χ2n) is 8.41. The van der Waals surface area contributed by atoms with Gasteiger partial charge in [-0.25, -0.2) is 0 Å². The van der Waals surface area contributed by atoms with Crippen molar-refractivity contribution in [3.63, 3.8) is 0 Å². The molecule has 3 rings (SSSR count). The number of aliphatic hydroxyl groups is 1. The van der Waals surface area contributed by atoms with E-state index in [1.807, 2.05) is 0 Å². The molecule has 1 atom stereocenters. The van der Waals surface area contributed by atoms with Gasteiger partial charge < -0.3 is 32.3 Å². The summed E-state index contributed by atoms with van der Waals surface area (Å²) >= 11 is 0. The quantitative estimate of drug-likeness (QED) is 0.156. The van der Waals surface area contributed by atoms with Crippen molar-refractivity contribution in [2.45, 2.75) is 31.0 Å². The number of primary amides is 1. The zero-order valence-corrected chi connectivity index (χ0v) is 19.8. The van der Waals surface area contributed by atoms with Crippen molar-refractivity contribution in [3.05, 3.63) is 102 Å². The van der Waals surface area contributed by atoms with Crippen LogP contribution in [0.4, 0.5) is 0 Å². The monoisotopic (exact) mass is 489 g/mol. The number of hydrogen-bond acceptors (Lipinski definition) is 5. The van der Waals surface area contributed by atoms with Gasteiger partial charge in [-0.2, -0.15) is 0 Å². The second kappa shape index (κ2) is 11.9. The molecule has 9 heteroatoms. The summed E-state index contributed by atoms with van der Waals surface area (Å²) in [5, 5.41) is 21.7. The fourth-order valence-corrected chi connectivity index (χ4v) is 4.05. The standard InChI is InChI=1S/C27H31N5O4/c28-24(34)23(12-7-17-31-26(29)30)32(18-19-13-15-22(33)16-14-19)25(35)27(36,20-8-3-1-4-9-20)21-10-5-2-6-11-21/h1-6,8-11,13-16,23,33,36H,7,12,17-18H2,(H2,28,34)(H4,29,30,31)/t23-/m1/s1. The van der Waals surface area contributed by atoms with E-state index in [0.717, 1.165) is 0 Å². The van der Waals surface area contributed by atoms with Gasteiger partial charge in [-0.1, -0.05) is 72.8 Å². The third-order valence-corrected chi connectivity index (χ3v) is 5.88. The fraction of sp³-hybridized carbons (Fsp3) is 0.222. The van der Waals surface area contributed by atoms with Crippen LogP contribution in [0.15, 0.2) is 89.9 Å². The minimum Gasteiger partial charge on any atom is -0.508 e. The molecule has 0 heterocycles. The normalized spacial score (nSPS) is 11.9. The van der Waals surface area contributed by atoms with Gasteiger partial charge in [0.2, 0.25) is 5.91 Å². The van der Waals surface area contributed by atoms with Crippen LogP contribution in [-0.4, -0.2) is 45.5 Å². The number of carbonyl (C=O) groups excluding carboxylic acids is 2. The van der Waals surface area contributed by atoms with Gasteiger partial charge in [0, 0.05) is 13.1 Å². The van der Waals surface area contributed by atoms with E-state index in [1.165, 1.54) is 17.0 Å². The molecule has 2 amide bonds. The topological polar surface area (TPSA) is 168 Å². The van der Waals surface area contributed by atoms with Crippen LogP contribution in [0.3, 0.4) is 0 Å². The Morgan fingerprint density at radius 3 is 1.86 bits per heavy atom. The molecule has 188 valence electrons. The van der Waals surface area contributed by atoms with E-state index in [9.17, 15) is 19.8 Å². The maximum Gasteiger partial charge on any atom is 0.264 e. The van der Waals surface area contributed by atoms with Gasteiger partial charge in [-0.3, -0.25) is 14.6 Å². The van der Waals surface area contributed by atoms with Crippen molar-refractivity contribution >= 4 is 17.8 Å². The summed E-state index contributed by atoms with van der Waals surface area (Å²) in [5.74, 6) is -1.45. The van der Waals surface area contributed by atoms with Crippen molar-refractivity contribution < 1.29 is 19.8 Å². The Morgan fingerprint density at radius 1 is 0.861 bits per heavy atom. The predicted molar refractivity (Wildman–Crippen MR) is 137 cm³/mol. The number of nitrogens with two attached hydrogens (primary N) is 3. The van der Waals surface area contributed by atoms with Crippen molar-refractivity contribution in [2.75, 3.05) is 6.54 Å². The lowest BCUT2D eigenvalue weighted by molar-refractivity contribution is -0.154. The zero-order chi connectivity index (χ0) is 26.1. The Labute approximate surface area is 209 Å². The molecule has 0 radical (unpaired) electrons. The highest BCUT2D eigenvalue weighted by molar-refractivity contribution is 5.94. The van der Waals surface area contributed by atoms with Crippen molar-refractivity contribution in [1.29, 1.82) is 0 Å². The molecule has 0 bridgehead atoms. The van der Waals surface area contributed by atoms with Gasteiger partial charge in [0.1, 0.15) is 11.8 Å². The predicted octanol–water partition coefficient (Wildman–Crippen LogP) is 1.56. The van der Waals surface area contributed by atoms with Crippen LogP contribution in [0.5, 0.6) is 5.75 Å². The van der Waals surface area contributed by atoms with E-state index < -0.39 is 23.5 Å². The molecule has 0 aliphatic heterocycles. The third-order valence-electron chi connectivity index (χ3n) is 5.88. The molecule has 8 N–H and O–H groups in total. The zero-order valence-electron chi connectivity index (χ0n) is 19.8. The molecule has 0 unspecified atom stereocenters. The maximum absolute atomic E-state index is 14.3. The molecule has 0 saturated heterocycles. The van der Waals surface area contributed by atoms with Crippen molar-refractivity contribution in [1.82, 2.24) is 4.90 Å². The van der Waals surface area contributed by atoms with Crippen molar-refractivity contribution in [2.24, 2.45) is 22.2 Å². The molecule has 0 aromatic heterocycles. The van der Waals surface area contributed by atoms with Gasteiger partial charge in [0.05, 0.1) is 0 Å². The Bertz CT molecular complexity index is 1140. The van der Waals surface area contributed by atoms with Gasteiger partial charge in [0.25, 0.3) is 5.91 Å². The lowest BCUT2D eigenvalue weighted by atomic mass is 9.84. The largest absolute Gasteiger partial charge is 0.508 e. The number of rotatable bonds is 11. The summed E-state index contributed by atoms with van der Waals surface area (Å²) < 4.78 is 0. The minimum atomic E-state index is -2.09. The highest BCUT2D eigenvalue weighted by Crippen LogP contribution is 2.33. The molecule has 9 nitrogen and oxygen atoms in total. The van der Waals surface area contributed by atoms with Crippen LogP contribution in [0.25, 0.3) is 0 Å². The number of phenols is 1. The molecule has 3 aromatic carbocycles. The van der Waals surface area contributed by atoms with Crippen LogP contribution in [0.2, 0.25) is 0 Å². The molecular weight excluding hydrogens is 458 g/mol. The average molecular weight is 490 g/mol. The van der Waals surface area contributed by atoms with Crippen LogP contribution in [0, 0.1) is 0 Å². The summed E-state index contributed by atoms with van der Waals surface area (Å²) in [6.07, 6.45) is 0.551. The highest BCUT2D eigenvalue weighted by Gasteiger charge is 2.45. The Balaban J connectivity index is 2.08. The lowest BCUT2D eigenvalue weighted by Crippen LogP contribution is -2.55. The Hall–Kier alpha value is -4.37. The Morgan fingerprint density at radius 2 is 1.39 bits per heavy atom. The number of nitrogens with zero attached hydrogens (tertiary/aromatic N) is 2. The first-order valence-corrected chi connectivity index (χ1v) is 11.5. The molecule has 0 saturated carbocycles. The first kappa shape index (κ1) is 26.2. The smallest absolute Gasteiger partial charge is 0.264 e. The summed E-state index contributed by atoms with van der Waals surface area (Å²) in [4.78, 5) is 32.1. The number of benzene rings is 3. The van der Waals surface area contributed by atoms with Gasteiger partial charge in [-0.05, 0) is 41.7 Å². The summed E-state index contributed by atoms with van der Waals surface area (Å²) in [5.41, 5.74) is 15.8. The highest BCUT2D eigenvalue weighted by atomic mass is 16.3. The van der Waals surface area contributed by atoms with E-state index >= 15 is 0 Å². The molecule has 0 aliphatic rings. The number of guanidine groups is 1. The van der Waals surface area contributed by atoms with Crippen LogP contribution < -0.4 is 17.2 Å². The number of carbonyl (C=O) groups is 2. The third kappa shape index (κ3) is 6.19. The second-order valence-corrected chi connectivity index (χ2v) is 8.41. The maximum atomic E-state index is 14.3. The van der Waals surface area contributed by atoms with Gasteiger partial charge >= 0.3 is 0 Å². The van der Waals surface area contributed by atoms with Gasteiger partial charge in [-0.15, -0.1) is 0 Å². The number of aliphatic imine (C=N–C) groups is 1. The van der Waals surface area contributed by atoms with Crippen LogP contribution >= 0.6 is 0 Å². The van der Waals surface area contributed by atoms with E-state index in [1.54, 1.807) is 72.8 Å². The first-order valence-electron chi connectivity index (χ1n) is 11.5. The number of amides is 2. The number of aromatic hydroxyl groups is 1. The molecule has 0 aliphatic carbocycles. The lowest BCUT2D eigenvalue weighted by Gasteiger charge is -2.37. The number of hydrogen-bond donors (Lipinski definition) is 5. The SMILES string of the molecule is NC(=O)[C@@H](CCCN=C(N)N)N(Cc1ccc(O)cc1)C(=O)C(O)(c1ccccc1)c1ccccc1. The number of phenolic OH excluding ortho intramolecular Hbond substituents is 1. The first-order chi connectivity index (χ1) is 17.2. The summed E-state index contributed by atoms with van der Waals surface area (Å²) in [6.45, 7) is 0.214. The van der Waals surface area contributed by atoms with E-state index in [-0.39, 0.29) is 31.2 Å². The Kier molecular flexibility index (Phi) is 8.64. The molecular formula is C27H31N5O4. The average Bonchev–Trinajstić information content (AvgIpc) is 2.88. The summed E-state index contributed by atoms with van der Waals surface area (Å²) in [7, 11) is 0. The van der Waals surface area contributed by atoms with E-state index in [4.69, 9.17) is 17.2 Å². The van der Waals surface area contributed by atoms with E-state index in [0.29, 0.717) is 23.1 Å². The van der Waals surface area contributed by atoms with E-state index in [2.05, 4.69) is 4.99 Å². The van der Waals surface area contributed by atoms with Crippen molar-refractivity contribution in [3.8, 4) is 5.75 Å².